The highest BCUT2D eigenvalue weighted by atomic mass is 16.7. The van der Waals surface area contributed by atoms with E-state index in [-0.39, 0.29) is 37.2 Å². The zero-order valence-corrected chi connectivity index (χ0v) is 28.1. The zero-order valence-electron chi connectivity index (χ0n) is 28.1. The Morgan fingerprint density at radius 2 is 1.64 bits per heavy atom. The monoisotopic (exact) mass is 669 g/mol. The number of hydrogen-bond donors (Lipinski definition) is 6. The Hall–Kier alpha value is -1.87. The quantitative estimate of drug-likeness (QED) is 0.109. The molecule has 2 saturated carbocycles. The molecule has 13 nitrogen and oxygen atoms in total. The fourth-order valence-electron chi connectivity index (χ4n) is 7.70. The van der Waals surface area contributed by atoms with Crippen LogP contribution in [-0.4, -0.2) is 125 Å². The Morgan fingerprint density at radius 1 is 0.894 bits per heavy atom. The summed E-state index contributed by atoms with van der Waals surface area (Å²) in [5.74, 6) is 1.13. The number of amides is 3. The largest absolute Gasteiger partial charge is 0.394 e. The maximum Gasteiger partial charge on any atom is 0.222 e. The molecule has 0 spiro atoms. The van der Waals surface area contributed by atoms with Crippen LogP contribution in [0.4, 0.5) is 0 Å². The van der Waals surface area contributed by atoms with Gasteiger partial charge in [0, 0.05) is 39.5 Å². The van der Waals surface area contributed by atoms with Gasteiger partial charge in [0.1, 0.15) is 24.4 Å². The first-order valence-corrected chi connectivity index (χ1v) is 18.1. The van der Waals surface area contributed by atoms with Gasteiger partial charge in [0.2, 0.25) is 17.7 Å². The molecule has 270 valence electrons. The summed E-state index contributed by atoms with van der Waals surface area (Å²) in [7, 11) is 0. The molecule has 4 aliphatic rings. The van der Waals surface area contributed by atoms with Crippen LogP contribution in [-0.2, 0) is 28.6 Å². The number of carbonyl (C=O) groups is 3. The Kier molecular flexibility index (Phi) is 15.6. The number of unbranched alkanes of at least 4 members (excludes halogenated alkanes) is 4. The van der Waals surface area contributed by atoms with Crippen molar-refractivity contribution in [2.75, 3.05) is 32.9 Å². The van der Waals surface area contributed by atoms with E-state index in [4.69, 9.17) is 14.2 Å². The predicted molar refractivity (Wildman–Crippen MR) is 172 cm³/mol. The van der Waals surface area contributed by atoms with E-state index in [9.17, 15) is 34.8 Å². The normalized spacial score (nSPS) is 32.7. The molecule has 13 heteroatoms. The van der Waals surface area contributed by atoms with E-state index in [1.807, 2.05) is 4.90 Å². The lowest BCUT2D eigenvalue weighted by Crippen LogP contribution is -2.64. The molecule has 4 rings (SSSR count). The third kappa shape index (κ3) is 11.1. The summed E-state index contributed by atoms with van der Waals surface area (Å²) < 4.78 is 17.7. The first-order chi connectivity index (χ1) is 22.7. The molecule has 0 bridgehead atoms. The van der Waals surface area contributed by atoms with Gasteiger partial charge in [-0.2, -0.15) is 0 Å². The highest BCUT2D eigenvalue weighted by Crippen LogP contribution is 2.44. The molecule has 2 aliphatic heterocycles. The van der Waals surface area contributed by atoms with E-state index in [0.29, 0.717) is 57.2 Å². The van der Waals surface area contributed by atoms with Gasteiger partial charge in [-0.1, -0.05) is 38.5 Å². The highest BCUT2D eigenvalue weighted by molar-refractivity contribution is 5.77. The lowest BCUT2D eigenvalue weighted by Gasteiger charge is -2.42. The van der Waals surface area contributed by atoms with E-state index in [0.717, 1.165) is 38.0 Å². The summed E-state index contributed by atoms with van der Waals surface area (Å²) in [6.45, 7) is 2.14. The number of aliphatic hydroxyl groups is 4. The lowest BCUT2D eigenvalue weighted by atomic mass is 9.72. The Balaban J connectivity index is 1.01. The molecule has 3 amide bonds. The van der Waals surface area contributed by atoms with Crippen molar-refractivity contribution in [3.63, 3.8) is 0 Å². The van der Waals surface area contributed by atoms with Crippen LogP contribution in [0, 0.1) is 11.8 Å². The maximum absolute atomic E-state index is 13.0. The highest BCUT2D eigenvalue weighted by Gasteiger charge is 2.45. The number of rotatable bonds is 19. The fourth-order valence-corrected chi connectivity index (χ4v) is 7.70. The first-order valence-electron chi connectivity index (χ1n) is 18.1. The van der Waals surface area contributed by atoms with Gasteiger partial charge in [-0.3, -0.25) is 14.4 Å². The second-order valence-corrected chi connectivity index (χ2v) is 14.0. The summed E-state index contributed by atoms with van der Waals surface area (Å²) >= 11 is 0. The summed E-state index contributed by atoms with van der Waals surface area (Å²) in [5, 5.41) is 45.2. The first kappa shape index (κ1) is 37.9. The summed E-state index contributed by atoms with van der Waals surface area (Å²) in [5.41, 5.74) is 0. The van der Waals surface area contributed by atoms with Crippen LogP contribution in [0.15, 0.2) is 0 Å². The lowest BCUT2D eigenvalue weighted by molar-refractivity contribution is -0.270. The molecular formula is C34H59N3O10. The van der Waals surface area contributed by atoms with E-state index < -0.39 is 43.2 Å². The van der Waals surface area contributed by atoms with Crippen LogP contribution >= 0.6 is 0 Å². The summed E-state index contributed by atoms with van der Waals surface area (Å²) in [6.07, 6.45) is 9.22. The van der Waals surface area contributed by atoms with Gasteiger partial charge in [0.15, 0.2) is 6.29 Å². The number of ether oxygens (including phenoxy) is 3. The van der Waals surface area contributed by atoms with Crippen molar-refractivity contribution in [3.8, 4) is 0 Å². The van der Waals surface area contributed by atoms with Gasteiger partial charge in [-0.15, -0.1) is 0 Å². The number of aliphatic hydroxyl groups excluding tert-OH is 4. The van der Waals surface area contributed by atoms with Crippen molar-refractivity contribution in [2.45, 2.75) is 152 Å². The second-order valence-electron chi connectivity index (χ2n) is 14.0. The average molecular weight is 670 g/mol. The molecule has 4 fully saturated rings. The van der Waals surface area contributed by atoms with Crippen molar-refractivity contribution in [2.24, 2.45) is 11.8 Å². The van der Waals surface area contributed by atoms with Gasteiger partial charge >= 0.3 is 0 Å². The Labute approximate surface area is 279 Å². The van der Waals surface area contributed by atoms with Gasteiger partial charge in [-0.25, -0.2) is 0 Å². The molecule has 2 heterocycles. The van der Waals surface area contributed by atoms with E-state index in [1.165, 1.54) is 39.0 Å². The maximum atomic E-state index is 13.0. The van der Waals surface area contributed by atoms with E-state index >= 15 is 0 Å². The molecular weight excluding hydrogens is 610 g/mol. The standard InChI is InChI=1S/C34H59N3O10/c1-22(40)36-31-33(44)32(43)28(21-39)47-34(31)45-17-9-3-4-12-29(41)35-16-8-2-5-13-30(42)37-19-25(18-24(37)20-38)46-27-15-14-26(27)23-10-6-7-11-23/h23-28,31-34,38-39,43-44H,2-21H2,1H3,(H,35,41)(H,36,40)/t24-,25+,26?,27?,28?,31?,32?,33?,34?/m0/s1. The van der Waals surface area contributed by atoms with Crippen LogP contribution in [0.25, 0.3) is 0 Å². The van der Waals surface area contributed by atoms with Crippen molar-refractivity contribution in [1.29, 1.82) is 0 Å². The van der Waals surface area contributed by atoms with Crippen LogP contribution in [0.5, 0.6) is 0 Å². The molecule has 7 unspecified atom stereocenters. The van der Waals surface area contributed by atoms with Crippen molar-refractivity contribution in [3.05, 3.63) is 0 Å². The minimum Gasteiger partial charge on any atom is -0.394 e. The molecule has 0 radical (unpaired) electrons. The predicted octanol–water partition coefficient (Wildman–Crippen LogP) is 1.13. The van der Waals surface area contributed by atoms with Crippen LogP contribution < -0.4 is 10.6 Å². The molecule has 0 aromatic rings. The van der Waals surface area contributed by atoms with E-state index in [1.54, 1.807) is 0 Å². The Morgan fingerprint density at radius 3 is 2.32 bits per heavy atom. The Bertz CT molecular complexity index is 982. The van der Waals surface area contributed by atoms with Crippen LogP contribution in [0.3, 0.4) is 0 Å². The number of carbonyl (C=O) groups excluding carboxylic acids is 3. The van der Waals surface area contributed by atoms with Crippen LogP contribution in [0.2, 0.25) is 0 Å². The van der Waals surface area contributed by atoms with E-state index in [2.05, 4.69) is 10.6 Å². The third-order valence-electron chi connectivity index (χ3n) is 10.5. The number of hydrogen-bond acceptors (Lipinski definition) is 10. The molecule has 0 aromatic heterocycles. The zero-order chi connectivity index (χ0) is 33.8. The molecule has 6 N–H and O–H groups in total. The van der Waals surface area contributed by atoms with Gasteiger partial charge in [0.25, 0.3) is 0 Å². The smallest absolute Gasteiger partial charge is 0.222 e. The average Bonchev–Trinajstić information content (AvgIpc) is 3.72. The summed E-state index contributed by atoms with van der Waals surface area (Å²) in [6, 6.07) is -1.13. The van der Waals surface area contributed by atoms with Crippen LogP contribution in [0.1, 0.15) is 103 Å². The third-order valence-corrected chi connectivity index (χ3v) is 10.5. The van der Waals surface area contributed by atoms with Crippen molar-refractivity contribution in [1.82, 2.24) is 15.5 Å². The van der Waals surface area contributed by atoms with Crippen molar-refractivity contribution < 1.29 is 49.0 Å². The number of likely N-dealkylation sites (tertiary alicyclic amines) is 1. The van der Waals surface area contributed by atoms with Gasteiger partial charge in [0.05, 0.1) is 31.5 Å². The molecule has 2 aliphatic carbocycles. The van der Waals surface area contributed by atoms with Gasteiger partial charge in [-0.05, 0) is 56.8 Å². The SMILES string of the molecule is CC(=O)NC1C(OCCCCCC(=O)NCCCCCC(=O)N2C[C@H](OC3CCC3C3CCCC3)C[C@H]2CO)OC(CO)C(O)C1O. The van der Waals surface area contributed by atoms with Crippen molar-refractivity contribution >= 4 is 17.7 Å². The number of nitrogens with one attached hydrogen (secondary N) is 2. The molecule has 0 aromatic carbocycles. The molecule has 47 heavy (non-hydrogen) atoms. The second kappa shape index (κ2) is 19.4. The minimum absolute atomic E-state index is 0.0185. The topological polar surface area (TPSA) is 187 Å². The fraction of sp³-hybridized carbons (Fsp3) is 0.912. The van der Waals surface area contributed by atoms with Gasteiger partial charge < -0.3 is 50.2 Å². The summed E-state index contributed by atoms with van der Waals surface area (Å²) in [4.78, 5) is 38.6. The molecule has 9 atom stereocenters. The number of nitrogens with zero attached hydrogens (tertiary/aromatic N) is 1. The molecule has 2 saturated heterocycles. The minimum atomic E-state index is -1.36.